The van der Waals surface area contributed by atoms with Gasteiger partial charge in [0.25, 0.3) is 0 Å². The molecule has 25 heavy (non-hydrogen) atoms. The zero-order chi connectivity index (χ0) is 18.8. The van der Waals surface area contributed by atoms with Gasteiger partial charge < -0.3 is 0 Å². The Labute approximate surface area is 160 Å². The van der Waals surface area contributed by atoms with Crippen molar-refractivity contribution in [1.82, 2.24) is 0 Å². The highest BCUT2D eigenvalue weighted by atomic mass is 16.3. The van der Waals surface area contributed by atoms with Crippen LogP contribution in [0.3, 0.4) is 0 Å². The smallest absolute Gasteiger partial charge is 0.106 e. The van der Waals surface area contributed by atoms with E-state index in [4.69, 9.17) is 0 Å². The van der Waals surface area contributed by atoms with Gasteiger partial charge in [0, 0.05) is 0 Å². The fourth-order valence-electron chi connectivity index (χ4n) is 4.14. The van der Waals surface area contributed by atoms with Crippen LogP contribution in [0.2, 0.25) is 0 Å². The van der Waals surface area contributed by atoms with Crippen LogP contribution in [0.5, 0.6) is 0 Å². The summed E-state index contributed by atoms with van der Waals surface area (Å²) < 4.78 is 0. The third-order valence-electron chi connectivity index (χ3n) is 5.96. The molecule has 0 aromatic heterocycles. The highest BCUT2D eigenvalue weighted by Gasteiger charge is 2.36. The van der Waals surface area contributed by atoms with Gasteiger partial charge in [-0.15, -0.1) is 0 Å². The van der Waals surface area contributed by atoms with E-state index in [-0.39, 0.29) is 0 Å². The van der Waals surface area contributed by atoms with E-state index in [1.165, 1.54) is 77.0 Å². The van der Waals surface area contributed by atoms with Crippen LogP contribution in [0, 0.1) is 5.92 Å². The van der Waals surface area contributed by atoms with E-state index in [1.807, 2.05) is 0 Å². The van der Waals surface area contributed by atoms with Crippen molar-refractivity contribution < 1.29 is 5.11 Å². The lowest BCUT2D eigenvalue weighted by molar-refractivity contribution is -0.0994. The molecule has 0 rings (SSSR count). The molecule has 0 aliphatic carbocycles. The Morgan fingerprint density at radius 2 is 0.880 bits per heavy atom. The van der Waals surface area contributed by atoms with Gasteiger partial charge in [0.1, 0.15) is 5.60 Å². The van der Waals surface area contributed by atoms with Crippen molar-refractivity contribution in [1.29, 1.82) is 0 Å². The van der Waals surface area contributed by atoms with Crippen LogP contribution >= 0.6 is 0 Å². The summed E-state index contributed by atoms with van der Waals surface area (Å²) in [5.74, 6) is 0.425. The van der Waals surface area contributed by atoms with Crippen molar-refractivity contribution in [3.63, 3.8) is 0 Å². The van der Waals surface area contributed by atoms with Crippen LogP contribution < -0.4 is 0 Å². The maximum Gasteiger partial charge on any atom is 0.106 e. The number of unbranched alkanes of at least 4 members (excludes halogenated alkanes) is 10. The van der Waals surface area contributed by atoms with E-state index in [0.717, 1.165) is 38.5 Å². The first-order valence-corrected chi connectivity index (χ1v) is 11.8. The molecule has 0 saturated carbocycles. The normalized spacial score (nSPS) is 13.3. The van der Waals surface area contributed by atoms with Crippen molar-refractivity contribution >= 4 is 0 Å². The summed E-state index contributed by atoms with van der Waals surface area (Å²) in [6.45, 7) is 9.00. The largest absolute Gasteiger partial charge is 0.229 e. The molecule has 1 radical (unpaired) electrons. The van der Waals surface area contributed by atoms with Gasteiger partial charge in [-0.2, -0.15) is 0 Å². The Morgan fingerprint density at radius 3 is 1.32 bits per heavy atom. The van der Waals surface area contributed by atoms with Gasteiger partial charge in [0.2, 0.25) is 0 Å². The van der Waals surface area contributed by atoms with E-state index in [2.05, 4.69) is 27.7 Å². The Balaban J connectivity index is 4.59. The van der Waals surface area contributed by atoms with E-state index in [9.17, 15) is 5.11 Å². The van der Waals surface area contributed by atoms with Crippen molar-refractivity contribution in [2.24, 2.45) is 5.92 Å². The highest BCUT2D eigenvalue weighted by Crippen LogP contribution is 2.37. The lowest BCUT2D eigenvalue weighted by Crippen LogP contribution is -2.37. The first-order valence-electron chi connectivity index (χ1n) is 11.8. The molecule has 0 aliphatic heterocycles. The van der Waals surface area contributed by atoms with Gasteiger partial charge in [0.05, 0.1) is 0 Å². The molecule has 1 heteroatoms. The molecule has 1 unspecified atom stereocenters. The molecule has 0 amide bonds. The third kappa shape index (κ3) is 12.9. The molecular formula is C24H49O. The molecule has 0 aromatic rings. The molecule has 0 aromatic carbocycles. The molecule has 0 spiro atoms. The number of hydrogen-bond donors (Lipinski definition) is 0. The topological polar surface area (TPSA) is 19.9 Å². The van der Waals surface area contributed by atoms with Gasteiger partial charge in [-0.3, -0.25) is 0 Å². The summed E-state index contributed by atoms with van der Waals surface area (Å²) in [7, 11) is 0. The molecule has 0 saturated heterocycles. The van der Waals surface area contributed by atoms with E-state index < -0.39 is 5.60 Å². The second-order valence-electron chi connectivity index (χ2n) is 8.37. The fraction of sp³-hybridized carbons (Fsp3) is 1.00. The van der Waals surface area contributed by atoms with Crippen LogP contribution in [-0.2, 0) is 5.11 Å². The fourth-order valence-corrected chi connectivity index (χ4v) is 4.14. The lowest BCUT2D eigenvalue weighted by atomic mass is 9.74. The Kier molecular flexibility index (Phi) is 17.3. The van der Waals surface area contributed by atoms with Crippen LogP contribution in [0.4, 0.5) is 0 Å². The van der Waals surface area contributed by atoms with E-state index in [0.29, 0.717) is 5.92 Å². The van der Waals surface area contributed by atoms with Crippen molar-refractivity contribution in [3.8, 4) is 0 Å². The van der Waals surface area contributed by atoms with Crippen LogP contribution in [0.1, 0.15) is 143 Å². The summed E-state index contributed by atoms with van der Waals surface area (Å²) in [6, 6.07) is 0. The van der Waals surface area contributed by atoms with Gasteiger partial charge in [-0.05, 0) is 31.6 Å². The minimum Gasteiger partial charge on any atom is -0.229 e. The van der Waals surface area contributed by atoms with Crippen LogP contribution in [0.15, 0.2) is 0 Å². The number of rotatable bonds is 19. The Bertz CT molecular complexity index is 253. The monoisotopic (exact) mass is 353 g/mol. The van der Waals surface area contributed by atoms with Crippen LogP contribution in [-0.4, -0.2) is 5.60 Å². The van der Waals surface area contributed by atoms with Crippen molar-refractivity contribution in [2.75, 3.05) is 0 Å². The molecule has 0 bridgehead atoms. The average molecular weight is 354 g/mol. The number of hydrogen-bond acceptors (Lipinski definition) is 0. The standard InChI is InChI=1S/C24H49O/c1-5-9-13-15-16-18-20-23(19-17-14-10-6-2)24(25,21-11-7-3)22-12-8-4/h23H,5-22H2,1-4H3. The van der Waals surface area contributed by atoms with E-state index in [1.54, 1.807) is 0 Å². The summed E-state index contributed by atoms with van der Waals surface area (Å²) in [4.78, 5) is 0. The minimum atomic E-state index is -0.637. The zero-order valence-electron chi connectivity index (χ0n) is 18.2. The maximum absolute atomic E-state index is 13.8. The summed E-state index contributed by atoms with van der Waals surface area (Å²) in [6.07, 6.45) is 22.0. The molecule has 151 valence electrons. The lowest BCUT2D eigenvalue weighted by Gasteiger charge is -2.35. The quantitative estimate of drug-likeness (QED) is 0.207. The average Bonchev–Trinajstić information content (AvgIpc) is 2.62. The highest BCUT2D eigenvalue weighted by molar-refractivity contribution is 4.86. The van der Waals surface area contributed by atoms with Gasteiger partial charge in [0.15, 0.2) is 0 Å². The van der Waals surface area contributed by atoms with Gasteiger partial charge in [-0.1, -0.05) is 118 Å². The molecular weight excluding hydrogens is 304 g/mol. The van der Waals surface area contributed by atoms with Crippen molar-refractivity contribution in [3.05, 3.63) is 0 Å². The molecule has 0 N–H and O–H groups in total. The Morgan fingerprint density at radius 1 is 0.520 bits per heavy atom. The minimum absolute atomic E-state index is 0.425. The zero-order valence-corrected chi connectivity index (χ0v) is 18.2. The molecule has 0 heterocycles. The maximum atomic E-state index is 13.8. The second kappa shape index (κ2) is 17.4. The van der Waals surface area contributed by atoms with Crippen molar-refractivity contribution in [2.45, 2.75) is 149 Å². The van der Waals surface area contributed by atoms with Crippen LogP contribution in [0.25, 0.3) is 0 Å². The molecule has 1 nitrogen and oxygen atoms in total. The SMILES string of the molecule is CCCCCCCCC(CCCCCC)C([O])(CCCC)CCCC. The Hall–Kier alpha value is -0.0400. The first-order chi connectivity index (χ1) is 12.1. The predicted octanol–water partition coefficient (Wildman–Crippen LogP) is 8.87. The molecule has 0 fully saturated rings. The van der Waals surface area contributed by atoms with E-state index >= 15 is 0 Å². The molecule has 0 aliphatic rings. The predicted molar refractivity (Wildman–Crippen MR) is 113 cm³/mol. The first kappa shape index (κ1) is 25.0. The van der Waals surface area contributed by atoms with Gasteiger partial charge >= 0.3 is 0 Å². The summed E-state index contributed by atoms with van der Waals surface area (Å²) >= 11 is 0. The second-order valence-corrected chi connectivity index (χ2v) is 8.37. The third-order valence-corrected chi connectivity index (χ3v) is 5.96. The molecule has 1 atom stereocenters. The summed E-state index contributed by atoms with van der Waals surface area (Å²) in [5, 5.41) is 13.8. The summed E-state index contributed by atoms with van der Waals surface area (Å²) in [5.41, 5.74) is -0.637. The van der Waals surface area contributed by atoms with Gasteiger partial charge in [-0.25, -0.2) is 5.11 Å².